The van der Waals surface area contributed by atoms with E-state index in [-0.39, 0.29) is 5.97 Å². The molecular weight excluding hydrogens is 497 g/mol. The Balaban J connectivity index is 2.33. The summed E-state index contributed by atoms with van der Waals surface area (Å²) in [6, 6.07) is 22.5. The van der Waals surface area contributed by atoms with E-state index in [1.54, 1.807) is 0 Å². The molecule has 0 aliphatic rings. The van der Waals surface area contributed by atoms with Crippen molar-refractivity contribution in [2.45, 2.75) is 6.92 Å². The molecule has 3 rings (SSSR count). The fourth-order valence-corrected chi connectivity index (χ4v) is 13.9. The van der Waals surface area contributed by atoms with Crippen LogP contribution >= 0.6 is 34.8 Å². The number of benzene rings is 3. The molecule has 0 amide bonds. The summed E-state index contributed by atoms with van der Waals surface area (Å²) in [4.78, 5) is 12.1. The summed E-state index contributed by atoms with van der Waals surface area (Å²) in [5.74, 6) is -0.319. The second-order valence-corrected chi connectivity index (χ2v) is 16.5. The number of carbonyl (C=O) groups excluding carboxylic acids is 1. The van der Waals surface area contributed by atoms with E-state index in [4.69, 9.17) is 37.9 Å². The monoisotopic (exact) mass is 512 g/mol. The van der Waals surface area contributed by atoms with Crippen LogP contribution in [0.25, 0.3) is 0 Å². The van der Waals surface area contributed by atoms with Gasteiger partial charge in [-0.15, -0.1) is 0 Å². The van der Waals surface area contributed by atoms with Gasteiger partial charge in [0.05, 0.1) is 0 Å². The van der Waals surface area contributed by atoms with Gasteiger partial charge >= 0.3 is 173 Å². The Bertz CT molecular complexity index is 796. The number of halogens is 3. The maximum atomic E-state index is 12.1. The molecule has 0 unspecified atom stereocenters. The fourth-order valence-electron chi connectivity index (χ4n) is 2.95. The molecule has 132 valence electrons. The third-order valence-electron chi connectivity index (χ3n) is 4.05. The first kappa shape index (κ1) is 19.6. The van der Waals surface area contributed by atoms with Gasteiger partial charge in [0, 0.05) is 0 Å². The molecule has 0 saturated carbocycles. The number of hydrogen-bond acceptors (Lipinski definition) is 2. The zero-order valence-electron chi connectivity index (χ0n) is 13.9. The Morgan fingerprint density at radius 1 is 0.654 bits per heavy atom. The zero-order valence-corrected chi connectivity index (χ0v) is 19.0. The van der Waals surface area contributed by atoms with E-state index in [1.165, 1.54) is 6.92 Å². The van der Waals surface area contributed by atoms with Crippen LogP contribution in [0.3, 0.4) is 0 Å². The van der Waals surface area contributed by atoms with Gasteiger partial charge in [0.2, 0.25) is 0 Å². The summed E-state index contributed by atoms with van der Waals surface area (Å²) in [5.41, 5.74) is 0. The van der Waals surface area contributed by atoms with E-state index in [9.17, 15) is 4.79 Å². The second-order valence-electron chi connectivity index (χ2n) is 5.80. The van der Waals surface area contributed by atoms with Crippen LogP contribution in [0.15, 0.2) is 72.8 Å². The topological polar surface area (TPSA) is 26.3 Å². The molecule has 0 saturated heterocycles. The first-order valence-electron chi connectivity index (χ1n) is 7.89. The van der Waals surface area contributed by atoms with Gasteiger partial charge in [0.15, 0.2) is 0 Å². The molecule has 0 aromatic heterocycles. The van der Waals surface area contributed by atoms with E-state index < -0.39 is 18.8 Å². The summed E-state index contributed by atoms with van der Waals surface area (Å²) >= 11 is 14.2. The zero-order chi connectivity index (χ0) is 18.7. The van der Waals surface area contributed by atoms with Gasteiger partial charge in [-0.2, -0.15) is 0 Å². The quantitative estimate of drug-likeness (QED) is 0.491. The first-order chi connectivity index (χ1) is 12.4. The summed E-state index contributed by atoms with van der Waals surface area (Å²) in [6.07, 6.45) is 0. The van der Waals surface area contributed by atoms with Crippen LogP contribution in [0, 0.1) is 0 Å². The normalized spacial score (nSPS) is 11.2. The average Bonchev–Trinajstić information content (AvgIpc) is 2.62. The third kappa shape index (κ3) is 4.04. The van der Waals surface area contributed by atoms with Crippen molar-refractivity contribution in [3.8, 4) is 0 Å². The first-order valence-corrected chi connectivity index (χ1v) is 14.5. The van der Waals surface area contributed by atoms with E-state index in [0.29, 0.717) is 15.1 Å². The van der Waals surface area contributed by atoms with Crippen molar-refractivity contribution in [1.82, 2.24) is 0 Å². The predicted octanol–water partition coefficient (Wildman–Crippen LogP) is 4.18. The van der Waals surface area contributed by atoms with Crippen LogP contribution in [0.5, 0.6) is 0 Å². The van der Waals surface area contributed by atoms with E-state index >= 15 is 0 Å². The molecule has 2 nitrogen and oxygen atoms in total. The van der Waals surface area contributed by atoms with Crippen molar-refractivity contribution in [1.29, 1.82) is 0 Å². The van der Waals surface area contributed by atoms with Crippen LogP contribution in [0.2, 0.25) is 15.1 Å². The van der Waals surface area contributed by atoms with Crippen molar-refractivity contribution >= 4 is 70.3 Å². The minimum atomic E-state index is -4.07. The molecule has 3 aromatic rings. The Morgan fingerprint density at radius 2 is 0.923 bits per heavy atom. The van der Waals surface area contributed by atoms with Crippen LogP contribution in [0.1, 0.15) is 6.92 Å². The third-order valence-corrected chi connectivity index (χ3v) is 16.3. The molecule has 3 aromatic carbocycles. The number of hydrogen-bond donors (Lipinski definition) is 0. The van der Waals surface area contributed by atoms with E-state index in [2.05, 4.69) is 0 Å². The Kier molecular flexibility index (Phi) is 6.18. The van der Waals surface area contributed by atoms with Crippen molar-refractivity contribution in [3.63, 3.8) is 0 Å². The standard InChI is InChI=1S/3C6H4Cl.C2H4O2.Sn/c3*7-6-4-2-1-3-5-6;1-2(3)4;/h3*2-5H;1H3,(H,3,4);/q;;;;+1/p-1. The molecule has 0 spiro atoms. The molecular formula is C20H15Cl3O2Sn. The van der Waals surface area contributed by atoms with E-state index in [0.717, 1.165) is 10.7 Å². The van der Waals surface area contributed by atoms with Crippen LogP contribution in [-0.4, -0.2) is 24.8 Å². The summed E-state index contributed by atoms with van der Waals surface area (Å²) in [6.45, 7) is 1.44. The van der Waals surface area contributed by atoms with Crippen molar-refractivity contribution < 1.29 is 7.87 Å². The molecule has 0 fully saturated rings. The molecule has 0 bridgehead atoms. The van der Waals surface area contributed by atoms with Gasteiger partial charge in [0.25, 0.3) is 0 Å². The molecule has 6 heteroatoms. The van der Waals surface area contributed by atoms with Crippen LogP contribution in [0.4, 0.5) is 0 Å². The minimum absolute atomic E-state index is 0.319. The molecule has 0 atom stereocenters. The van der Waals surface area contributed by atoms with Crippen molar-refractivity contribution in [2.24, 2.45) is 0 Å². The molecule has 0 heterocycles. The van der Waals surface area contributed by atoms with Crippen molar-refractivity contribution in [3.05, 3.63) is 87.9 Å². The Morgan fingerprint density at radius 3 is 1.15 bits per heavy atom. The average molecular weight is 512 g/mol. The van der Waals surface area contributed by atoms with Gasteiger partial charge in [-0.25, -0.2) is 0 Å². The maximum absolute atomic E-state index is 12.1. The Hall–Kier alpha value is -1.20. The van der Waals surface area contributed by atoms with Crippen LogP contribution < -0.4 is 10.7 Å². The predicted molar refractivity (Wildman–Crippen MR) is 111 cm³/mol. The molecule has 26 heavy (non-hydrogen) atoms. The van der Waals surface area contributed by atoms with Crippen LogP contribution in [-0.2, 0) is 7.87 Å². The summed E-state index contributed by atoms with van der Waals surface area (Å²) in [7, 11) is 0. The number of carbonyl (C=O) groups is 1. The molecule has 0 N–H and O–H groups in total. The fraction of sp³-hybridized carbons (Fsp3) is 0.0500. The van der Waals surface area contributed by atoms with Crippen molar-refractivity contribution in [2.75, 3.05) is 0 Å². The van der Waals surface area contributed by atoms with Gasteiger partial charge in [-0.05, 0) is 0 Å². The summed E-state index contributed by atoms with van der Waals surface area (Å²) < 4.78 is 9.08. The van der Waals surface area contributed by atoms with Gasteiger partial charge in [-0.3, -0.25) is 0 Å². The second kappa shape index (κ2) is 8.22. The number of rotatable bonds is 4. The van der Waals surface area contributed by atoms with Gasteiger partial charge in [0.1, 0.15) is 0 Å². The Labute approximate surface area is 172 Å². The molecule has 0 aliphatic heterocycles. The summed E-state index contributed by atoms with van der Waals surface area (Å²) in [5, 5.41) is 1.89. The molecule has 0 radical (unpaired) electrons. The van der Waals surface area contributed by atoms with E-state index in [1.807, 2.05) is 72.8 Å². The molecule has 0 aliphatic carbocycles. The van der Waals surface area contributed by atoms with Gasteiger partial charge in [-0.1, -0.05) is 0 Å². The van der Waals surface area contributed by atoms with Gasteiger partial charge < -0.3 is 0 Å². The SMILES string of the molecule is CC(=O)[O][Sn]([c]1ccc(Cl)cc1)([c]1ccc(Cl)cc1)[c]1ccc(Cl)cc1.